The maximum absolute atomic E-state index is 12.0. The number of aliphatic hydroxyl groups is 1. The number of aliphatic hydroxyl groups excluding tert-OH is 1. The molecule has 1 N–H and O–H groups in total. The number of nitrogens with zero attached hydrogens (tertiary/aromatic N) is 2. The molecule has 0 saturated heterocycles. The number of hydrogen-bond donors (Lipinski definition) is 1. The van der Waals surface area contributed by atoms with Crippen molar-refractivity contribution in [1.82, 2.24) is 9.80 Å². The van der Waals surface area contributed by atoms with Crippen molar-refractivity contribution in [3.63, 3.8) is 0 Å². The number of Topliss-reactive ketones (excluding diaryl/α,β-unsaturated/α-hetero) is 1. The van der Waals surface area contributed by atoms with Crippen LogP contribution in [0, 0.1) is 0 Å². The summed E-state index contributed by atoms with van der Waals surface area (Å²) in [6.45, 7) is 3.64. The first-order valence-corrected chi connectivity index (χ1v) is 6.30. The van der Waals surface area contributed by atoms with E-state index in [1.807, 2.05) is 13.8 Å². The van der Waals surface area contributed by atoms with Gasteiger partial charge in [0.1, 0.15) is 12.1 Å². The zero-order valence-corrected chi connectivity index (χ0v) is 11.7. The number of ether oxygens (including phenoxy) is 1. The van der Waals surface area contributed by atoms with Crippen molar-refractivity contribution in [2.45, 2.75) is 13.8 Å². The van der Waals surface area contributed by atoms with Gasteiger partial charge in [0.05, 0.1) is 19.0 Å². The first-order valence-electron chi connectivity index (χ1n) is 5.76. The summed E-state index contributed by atoms with van der Waals surface area (Å²) >= 11 is 5.41. The van der Waals surface area contributed by atoms with Crippen molar-refractivity contribution in [2.75, 3.05) is 25.8 Å². The molecule has 0 spiro atoms. The fraction of sp³-hybridized carbons (Fsp3) is 0.500. The quantitative estimate of drug-likeness (QED) is 0.573. The van der Waals surface area contributed by atoms with Gasteiger partial charge in [-0.3, -0.25) is 19.4 Å². The summed E-state index contributed by atoms with van der Waals surface area (Å²) in [6.07, 6.45) is 3.15. The van der Waals surface area contributed by atoms with Gasteiger partial charge in [0.15, 0.2) is 6.73 Å². The second-order valence-electron chi connectivity index (χ2n) is 4.11. The van der Waals surface area contributed by atoms with Crippen molar-refractivity contribution in [3.05, 3.63) is 23.9 Å². The van der Waals surface area contributed by atoms with Crippen molar-refractivity contribution < 1.29 is 19.4 Å². The Hall–Kier alpha value is -1.53. The molecule has 0 aromatic carbocycles. The minimum atomic E-state index is -0.736. The lowest BCUT2D eigenvalue weighted by atomic mass is 10.2. The van der Waals surface area contributed by atoms with E-state index >= 15 is 0 Å². The Bertz CT molecular complexity index is 416. The van der Waals surface area contributed by atoms with Crippen LogP contribution in [-0.4, -0.2) is 52.4 Å². The molecule has 0 aromatic rings. The summed E-state index contributed by atoms with van der Waals surface area (Å²) in [5, 5.41) is 9.08. The molecule has 1 aliphatic rings. The second kappa shape index (κ2) is 7.16. The van der Waals surface area contributed by atoms with E-state index in [1.165, 1.54) is 11.2 Å². The molecule has 19 heavy (non-hydrogen) atoms. The highest BCUT2D eigenvalue weighted by Gasteiger charge is 2.28. The van der Waals surface area contributed by atoms with Crippen LogP contribution in [0.2, 0.25) is 0 Å². The molecule has 0 bridgehead atoms. The number of alkyl halides is 1. The number of carbonyl (C=O) groups excluding carboxylic acids is 2. The highest BCUT2D eigenvalue weighted by Crippen LogP contribution is 2.19. The van der Waals surface area contributed by atoms with Crippen LogP contribution in [0.4, 0.5) is 0 Å². The van der Waals surface area contributed by atoms with Crippen LogP contribution in [0.3, 0.4) is 0 Å². The molecule has 1 rings (SSSR count). The summed E-state index contributed by atoms with van der Waals surface area (Å²) in [5.74, 6) is -1.31. The molecule has 0 fully saturated rings. The van der Waals surface area contributed by atoms with Crippen molar-refractivity contribution in [3.8, 4) is 0 Å². The van der Waals surface area contributed by atoms with Gasteiger partial charge >= 0.3 is 0 Å². The van der Waals surface area contributed by atoms with E-state index in [4.69, 9.17) is 21.4 Å². The molecule has 7 heteroatoms. The van der Waals surface area contributed by atoms with Crippen LogP contribution in [0.25, 0.3) is 0 Å². The van der Waals surface area contributed by atoms with Gasteiger partial charge in [0.2, 0.25) is 5.78 Å². The molecule has 1 aliphatic heterocycles. The third-order valence-electron chi connectivity index (χ3n) is 2.45. The van der Waals surface area contributed by atoms with Crippen LogP contribution in [0.1, 0.15) is 13.8 Å². The molecule has 1 amide bonds. The van der Waals surface area contributed by atoms with Crippen molar-refractivity contribution >= 4 is 23.3 Å². The van der Waals surface area contributed by atoms with Crippen LogP contribution in [0.15, 0.2) is 23.9 Å². The zero-order valence-electron chi connectivity index (χ0n) is 10.9. The smallest absolute Gasteiger partial charge is 0.296 e. The highest BCUT2D eigenvalue weighted by molar-refractivity contribution is 6.46. The Morgan fingerprint density at radius 3 is 2.58 bits per heavy atom. The molecular formula is C12H17ClN2O4. The largest absolute Gasteiger partial charge is 0.479 e. The molecule has 0 radical (unpaired) electrons. The van der Waals surface area contributed by atoms with E-state index in [-0.39, 0.29) is 25.8 Å². The van der Waals surface area contributed by atoms with E-state index in [0.717, 1.165) is 5.57 Å². The molecule has 106 valence electrons. The Morgan fingerprint density at radius 2 is 2.16 bits per heavy atom. The molecule has 0 atom stereocenters. The third kappa shape index (κ3) is 3.71. The Balaban J connectivity index is 3.06. The number of amides is 1. The van der Waals surface area contributed by atoms with Gasteiger partial charge in [-0.25, -0.2) is 0 Å². The lowest BCUT2D eigenvalue weighted by molar-refractivity contribution is -0.143. The van der Waals surface area contributed by atoms with E-state index in [1.54, 1.807) is 11.1 Å². The summed E-state index contributed by atoms with van der Waals surface area (Å²) in [5.41, 5.74) is 0.819. The molecular weight excluding hydrogens is 272 g/mol. The Labute approximate surface area is 116 Å². The normalized spacial score (nSPS) is 13.2. The maximum Gasteiger partial charge on any atom is 0.296 e. The molecule has 0 unspecified atom stereocenters. The predicted octanol–water partition coefficient (Wildman–Crippen LogP) is 0.627. The van der Waals surface area contributed by atoms with Crippen LogP contribution in [-0.2, 0) is 14.3 Å². The molecule has 0 aliphatic carbocycles. The first-order chi connectivity index (χ1) is 9.02. The molecule has 1 heterocycles. The maximum atomic E-state index is 12.0. The van der Waals surface area contributed by atoms with Gasteiger partial charge in [-0.1, -0.05) is 0 Å². The number of halogens is 1. The Kier molecular flexibility index (Phi) is 5.85. The van der Waals surface area contributed by atoms with Crippen LogP contribution >= 0.6 is 11.6 Å². The standard InChI is InChI=1S/C12H17ClN2O4/c1-9(2)11(14-4-6-19-8-14)15(3-5-16)12(18)10(17)7-13/h4,6,16H,3,5,7-8H2,1-2H3. The summed E-state index contributed by atoms with van der Waals surface area (Å²) in [7, 11) is 0. The van der Waals surface area contributed by atoms with Gasteiger partial charge in [-0.15, -0.1) is 11.6 Å². The lowest BCUT2D eigenvalue weighted by Crippen LogP contribution is -2.43. The fourth-order valence-electron chi connectivity index (χ4n) is 1.74. The third-order valence-corrected chi connectivity index (χ3v) is 2.70. The fourth-order valence-corrected chi connectivity index (χ4v) is 1.85. The van der Waals surface area contributed by atoms with Crippen molar-refractivity contribution in [1.29, 1.82) is 0 Å². The van der Waals surface area contributed by atoms with Gasteiger partial charge in [0, 0.05) is 6.20 Å². The van der Waals surface area contributed by atoms with E-state index < -0.39 is 11.7 Å². The summed E-state index contributed by atoms with van der Waals surface area (Å²) in [6, 6.07) is 0. The van der Waals surface area contributed by atoms with Crippen LogP contribution in [0.5, 0.6) is 0 Å². The summed E-state index contributed by atoms with van der Waals surface area (Å²) in [4.78, 5) is 26.4. The zero-order chi connectivity index (χ0) is 14.4. The molecule has 0 aromatic heterocycles. The van der Waals surface area contributed by atoms with Gasteiger partial charge in [-0.05, 0) is 19.4 Å². The number of hydrogen-bond acceptors (Lipinski definition) is 5. The average molecular weight is 289 g/mol. The van der Waals surface area contributed by atoms with Gasteiger partial charge in [0.25, 0.3) is 5.91 Å². The monoisotopic (exact) mass is 288 g/mol. The minimum Gasteiger partial charge on any atom is -0.479 e. The summed E-state index contributed by atoms with van der Waals surface area (Å²) < 4.78 is 5.08. The second-order valence-corrected chi connectivity index (χ2v) is 4.38. The SMILES string of the molecule is CC(C)=C(N1C=COC1)N(CCO)C(=O)C(=O)CCl. The van der Waals surface area contributed by atoms with E-state index in [9.17, 15) is 9.59 Å². The topological polar surface area (TPSA) is 70.1 Å². The number of allylic oxidation sites excluding steroid dienone is 1. The van der Waals surface area contributed by atoms with E-state index in [0.29, 0.717) is 5.82 Å². The van der Waals surface area contributed by atoms with Crippen molar-refractivity contribution in [2.24, 2.45) is 0 Å². The van der Waals surface area contributed by atoms with Gasteiger partial charge < -0.3 is 9.84 Å². The molecule has 0 saturated carbocycles. The number of rotatable bonds is 6. The van der Waals surface area contributed by atoms with E-state index in [2.05, 4.69) is 0 Å². The first kappa shape index (κ1) is 15.5. The van der Waals surface area contributed by atoms with Crippen LogP contribution < -0.4 is 0 Å². The number of ketones is 1. The minimum absolute atomic E-state index is 0.0202. The lowest BCUT2D eigenvalue weighted by Gasteiger charge is -2.30. The Morgan fingerprint density at radius 1 is 1.47 bits per heavy atom. The average Bonchev–Trinajstić information content (AvgIpc) is 2.89. The number of carbonyl (C=O) groups is 2. The highest BCUT2D eigenvalue weighted by atomic mass is 35.5. The predicted molar refractivity (Wildman–Crippen MR) is 69.8 cm³/mol. The molecule has 6 nitrogen and oxygen atoms in total. The van der Waals surface area contributed by atoms with Gasteiger partial charge in [-0.2, -0.15) is 0 Å².